The van der Waals surface area contributed by atoms with Crippen molar-refractivity contribution in [3.8, 4) is 5.75 Å². The monoisotopic (exact) mass is 611 g/mol. The van der Waals surface area contributed by atoms with Gasteiger partial charge in [-0.05, 0) is 35.4 Å². The van der Waals surface area contributed by atoms with Crippen LogP contribution in [0.4, 0.5) is 4.79 Å². The minimum atomic E-state index is -0.928. The minimum Gasteiger partial charge on any atom is -0.508 e. The molecule has 3 aromatic rings. The predicted octanol–water partition coefficient (Wildman–Crippen LogP) is 2.23. The molecule has 45 heavy (non-hydrogen) atoms. The highest BCUT2D eigenvalue weighted by Gasteiger charge is 2.51. The van der Waals surface area contributed by atoms with Crippen LogP contribution >= 0.6 is 0 Å². The first-order valence-corrected chi connectivity index (χ1v) is 14.7. The maximum absolute atomic E-state index is 14.2. The average molecular weight is 612 g/mol. The number of benzene rings is 2. The van der Waals surface area contributed by atoms with Crippen LogP contribution in [0.3, 0.4) is 0 Å². The molecule has 2 saturated heterocycles. The van der Waals surface area contributed by atoms with Crippen LogP contribution in [0.15, 0.2) is 85.5 Å². The van der Waals surface area contributed by atoms with Gasteiger partial charge in [0, 0.05) is 33.6 Å². The van der Waals surface area contributed by atoms with Crippen molar-refractivity contribution < 1.29 is 24.3 Å². The van der Waals surface area contributed by atoms with Gasteiger partial charge in [0.05, 0.1) is 25.3 Å². The number of fused-ring (bicyclic) bond motifs is 1. The zero-order chi connectivity index (χ0) is 32.1. The summed E-state index contributed by atoms with van der Waals surface area (Å²) in [5.74, 6) is -0.776. The Labute approximate surface area is 262 Å². The molecule has 0 bridgehead atoms. The minimum absolute atomic E-state index is 0.0244. The van der Waals surface area contributed by atoms with E-state index in [0.717, 1.165) is 11.1 Å². The Bertz CT molecular complexity index is 1560. The van der Waals surface area contributed by atoms with Gasteiger partial charge in [-0.2, -0.15) is 0 Å². The molecule has 1 aromatic heterocycles. The Hall–Kier alpha value is -5.23. The smallest absolute Gasteiger partial charge is 0.334 e. The molecule has 2 aromatic carbocycles. The van der Waals surface area contributed by atoms with E-state index in [1.54, 1.807) is 60.4 Å². The molecule has 2 atom stereocenters. The molecular weight excluding hydrogens is 574 g/mol. The quantitative estimate of drug-likeness (QED) is 0.355. The number of nitrogens with one attached hydrogen (secondary N) is 1. The summed E-state index contributed by atoms with van der Waals surface area (Å²) >= 11 is 0. The van der Waals surface area contributed by atoms with Gasteiger partial charge in [-0.25, -0.2) is 19.8 Å². The maximum atomic E-state index is 14.2. The van der Waals surface area contributed by atoms with Crippen LogP contribution in [0.2, 0.25) is 0 Å². The zero-order valence-corrected chi connectivity index (χ0v) is 25.4. The normalized spacial score (nSPS) is 18.4. The van der Waals surface area contributed by atoms with E-state index in [4.69, 9.17) is 0 Å². The lowest BCUT2D eigenvalue weighted by atomic mass is 9.98. The zero-order valence-electron chi connectivity index (χ0n) is 25.4. The van der Waals surface area contributed by atoms with Crippen LogP contribution in [0.5, 0.6) is 5.75 Å². The summed E-state index contributed by atoms with van der Waals surface area (Å²) in [4.78, 5) is 63.4. The number of piperazine rings is 1. The summed E-state index contributed by atoms with van der Waals surface area (Å²) in [7, 11) is 3.28. The number of aromatic hydroxyl groups is 1. The molecular formula is C33H37N7O5. The van der Waals surface area contributed by atoms with E-state index in [9.17, 15) is 24.3 Å². The van der Waals surface area contributed by atoms with Crippen molar-refractivity contribution in [1.29, 1.82) is 0 Å². The lowest BCUT2D eigenvalue weighted by Crippen LogP contribution is -2.76. The summed E-state index contributed by atoms with van der Waals surface area (Å²) in [5.41, 5.74) is 2.40. The fraction of sp³-hybridized carbons (Fsp3) is 0.303. The second kappa shape index (κ2) is 13.6. The topological polar surface area (TPSA) is 130 Å². The number of amides is 5. The van der Waals surface area contributed by atoms with Crippen molar-refractivity contribution in [3.63, 3.8) is 0 Å². The number of urea groups is 1. The number of hydrogen-bond donors (Lipinski definition) is 2. The highest BCUT2D eigenvalue weighted by atomic mass is 16.3. The van der Waals surface area contributed by atoms with Gasteiger partial charge in [0.1, 0.15) is 23.7 Å². The molecule has 12 nitrogen and oxygen atoms in total. The summed E-state index contributed by atoms with van der Waals surface area (Å²) in [5, 5.41) is 15.9. The van der Waals surface area contributed by atoms with Crippen LogP contribution < -0.4 is 5.32 Å². The van der Waals surface area contributed by atoms with E-state index < -0.39 is 18.2 Å². The molecule has 0 aliphatic carbocycles. The van der Waals surface area contributed by atoms with Crippen molar-refractivity contribution in [2.45, 2.75) is 31.7 Å². The third-order valence-corrected chi connectivity index (χ3v) is 7.81. The molecule has 5 amide bonds. The Morgan fingerprint density at radius 1 is 1.02 bits per heavy atom. The summed E-state index contributed by atoms with van der Waals surface area (Å²) < 4.78 is 0. The Morgan fingerprint density at radius 3 is 2.44 bits per heavy atom. The van der Waals surface area contributed by atoms with Gasteiger partial charge in [0.2, 0.25) is 11.8 Å². The molecule has 0 radical (unpaired) electrons. The number of phenols is 1. The molecule has 0 unspecified atom stereocenters. The first-order valence-electron chi connectivity index (χ1n) is 14.7. The van der Waals surface area contributed by atoms with Gasteiger partial charge in [-0.3, -0.25) is 14.4 Å². The molecule has 234 valence electrons. The van der Waals surface area contributed by atoms with Gasteiger partial charge in [0.15, 0.2) is 0 Å². The molecule has 5 rings (SSSR count). The molecule has 2 aliphatic heterocycles. The first kappa shape index (κ1) is 31.2. The van der Waals surface area contributed by atoms with E-state index in [2.05, 4.69) is 16.9 Å². The van der Waals surface area contributed by atoms with Crippen LogP contribution in [0.25, 0.3) is 0 Å². The Kier molecular flexibility index (Phi) is 9.43. The molecule has 0 spiro atoms. The Balaban J connectivity index is 1.50. The van der Waals surface area contributed by atoms with E-state index in [-0.39, 0.29) is 68.3 Å². The highest BCUT2D eigenvalue weighted by molar-refractivity contribution is 5.92. The fourth-order valence-corrected chi connectivity index (χ4v) is 5.66. The number of hydrogen-bond acceptors (Lipinski definition) is 7. The predicted molar refractivity (Wildman–Crippen MR) is 166 cm³/mol. The number of phenolic OH excluding ortho intramolecular Hbond substituents is 1. The third-order valence-electron chi connectivity index (χ3n) is 7.81. The number of aromatic nitrogens is 1. The molecule has 3 heterocycles. The number of rotatable bonds is 9. The number of nitrogens with zero attached hydrogens (tertiary/aromatic N) is 6. The number of carbonyl (C=O) groups is 4. The number of pyridine rings is 1. The van der Waals surface area contributed by atoms with E-state index >= 15 is 0 Å². The van der Waals surface area contributed by atoms with Gasteiger partial charge >= 0.3 is 6.03 Å². The van der Waals surface area contributed by atoms with Gasteiger partial charge in [-0.15, -0.1) is 6.58 Å². The molecule has 2 N–H and O–H groups in total. The van der Waals surface area contributed by atoms with Crippen molar-refractivity contribution in [2.75, 3.05) is 33.7 Å². The van der Waals surface area contributed by atoms with Crippen LogP contribution in [0.1, 0.15) is 27.3 Å². The second-order valence-corrected chi connectivity index (χ2v) is 11.2. The van der Waals surface area contributed by atoms with E-state index in [1.807, 2.05) is 30.3 Å². The van der Waals surface area contributed by atoms with Gasteiger partial charge < -0.3 is 25.1 Å². The van der Waals surface area contributed by atoms with Crippen molar-refractivity contribution >= 4 is 23.8 Å². The first-order chi connectivity index (χ1) is 21.7. The van der Waals surface area contributed by atoms with Crippen LogP contribution in [0, 0.1) is 0 Å². The highest BCUT2D eigenvalue weighted by Crippen LogP contribution is 2.29. The second-order valence-electron chi connectivity index (χ2n) is 11.2. The average Bonchev–Trinajstić information content (AvgIpc) is 3.03. The van der Waals surface area contributed by atoms with Crippen molar-refractivity contribution in [3.05, 3.63) is 108 Å². The summed E-state index contributed by atoms with van der Waals surface area (Å²) in [6.07, 6.45) is 0.969. The lowest BCUT2D eigenvalue weighted by molar-refractivity contribution is -0.189. The maximum Gasteiger partial charge on any atom is 0.334 e. The summed E-state index contributed by atoms with van der Waals surface area (Å²) in [6, 6.07) is 19.7. The number of carbonyl (C=O) groups excluding carboxylic acids is 4. The molecule has 2 aliphatic rings. The Morgan fingerprint density at radius 2 is 1.76 bits per heavy atom. The standard InChI is InChI=1S/C33H37N7O5/c1-4-17-38-22-30(42)39-28(18-23-13-15-26(41)16-14-23)32(44)37(20-25-11-8-12-27(35-25)31(43)36(2)3)21-29(39)40(38)33(45)34-19-24-9-6-5-7-10-24/h4-16,28-29,41H,1,17-22H2,2-3H3,(H,34,45)/t28-,29-/m0/s1. The van der Waals surface area contributed by atoms with Crippen molar-refractivity contribution in [2.24, 2.45) is 0 Å². The third kappa shape index (κ3) is 6.96. The van der Waals surface area contributed by atoms with Crippen LogP contribution in [-0.4, -0.2) is 104 Å². The van der Waals surface area contributed by atoms with E-state index in [1.165, 1.54) is 26.9 Å². The molecule has 2 fully saturated rings. The van der Waals surface area contributed by atoms with Crippen LogP contribution in [-0.2, 0) is 29.1 Å². The lowest BCUT2D eigenvalue weighted by Gasteiger charge is -2.55. The van der Waals surface area contributed by atoms with Gasteiger partial charge in [0.25, 0.3) is 5.91 Å². The molecule has 12 heteroatoms. The summed E-state index contributed by atoms with van der Waals surface area (Å²) in [6.45, 7) is 4.31. The SMILES string of the molecule is C=CCN1CC(=O)N2[C@@H](Cc3ccc(O)cc3)C(=O)N(Cc3cccc(C(=O)N(C)C)n3)C[C@@H]2N1C(=O)NCc1ccccc1. The largest absolute Gasteiger partial charge is 0.508 e. The van der Waals surface area contributed by atoms with E-state index in [0.29, 0.717) is 5.69 Å². The van der Waals surface area contributed by atoms with Gasteiger partial charge in [-0.1, -0.05) is 54.6 Å². The number of hydrazine groups is 1. The molecule has 0 saturated carbocycles. The van der Waals surface area contributed by atoms with Crippen molar-refractivity contribution in [1.82, 2.24) is 35.0 Å². The fourth-order valence-electron chi connectivity index (χ4n) is 5.66.